The van der Waals surface area contributed by atoms with Crippen molar-refractivity contribution in [3.63, 3.8) is 0 Å². The van der Waals surface area contributed by atoms with Crippen LogP contribution in [0.2, 0.25) is 0 Å². The number of aliphatic imine (C=N–C) groups is 1. The van der Waals surface area contributed by atoms with E-state index in [9.17, 15) is 13.2 Å². The molecular formula is C14H26N4O3S. The van der Waals surface area contributed by atoms with Crippen LogP contribution in [0.1, 0.15) is 38.5 Å². The highest BCUT2D eigenvalue weighted by Gasteiger charge is 2.28. The summed E-state index contributed by atoms with van der Waals surface area (Å²) in [4.78, 5) is 16.0. The Labute approximate surface area is 132 Å². The molecule has 1 saturated heterocycles. The molecule has 1 unspecified atom stereocenters. The quantitative estimate of drug-likeness (QED) is 0.489. The van der Waals surface area contributed by atoms with Crippen LogP contribution in [0.5, 0.6) is 0 Å². The largest absolute Gasteiger partial charge is 0.353 e. The molecule has 126 valence electrons. The van der Waals surface area contributed by atoms with Gasteiger partial charge in [-0.3, -0.25) is 9.79 Å². The van der Waals surface area contributed by atoms with Crippen LogP contribution in [0, 0.1) is 0 Å². The number of rotatable bonds is 4. The standard InChI is InChI=1S/C14H26N4O3S/c1-15-14(18-12-7-8-22(20,21)10-12)16-9-13(19)17-11-5-3-2-4-6-11/h11-12H,2-10H2,1H3,(H,17,19)(H2,15,16,18). The minimum atomic E-state index is -2.92. The first-order valence-electron chi connectivity index (χ1n) is 7.95. The Balaban J connectivity index is 1.70. The van der Waals surface area contributed by atoms with Crippen molar-refractivity contribution in [3.05, 3.63) is 0 Å². The van der Waals surface area contributed by atoms with Gasteiger partial charge < -0.3 is 16.0 Å². The number of amides is 1. The van der Waals surface area contributed by atoms with E-state index in [0.29, 0.717) is 12.4 Å². The molecule has 0 radical (unpaired) electrons. The van der Waals surface area contributed by atoms with E-state index in [1.54, 1.807) is 7.05 Å². The van der Waals surface area contributed by atoms with Crippen molar-refractivity contribution < 1.29 is 13.2 Å². The predicted molar refractivity (Wildman–Crippen MR) is 86.6 cm³/mol. The van der Waals surface area contributed by atoms with Crippen molar-refractivity contribution in [1.29, 1.82) is 0 Å². The average Bonchev–Trinajstić information content (AvgIpc) is 2.83. The number of nitrogens with one attached hydrogen (secondary N) is 3. The van der Waals surface area contributed by atoms with Crippen LogP contribution in [0.3, 0.4) is 0 Å². The highest BCUT2D eigenvalue weighted by molar-refractivity contribution is 7.91. The van der Waals surface area contributed by atoms with E-state index < -0.39 is 9.84 Å². The molecule has 0 aromatic carbocycles. The van der Waals surface area contributed by atoms with Crippen LogP contribution in [-0.2, 0) is 14.6 Å². The van der Waals surface area contributed by atoms with E-state index in [1.165, 1.54) is 19.3 Å². The van der Waals surface area contributed by atoms with Crippen LogP contribution in [0.25, 0.3) is 0 Å². The predicted octanol–water partition coefficient (Wildman–Crippen LogP) is -0.213. The Hall–Kier alpha value is -1.31. The minimum Gasteiger partial charge on any atom is -0.353 e. The summed E-state index contributed by atoms with van der Waals surface area (Å²) in [7, 11) is -1.32. The molecule has 2 aliphatic rings. The second-order valence-corrected chi connectivity index (χ2v) is 8.30. The van der Waals surface area contributed by atoms with Crippen molar-refractivity contribution in [2.75, 3.05) is 25.1 Å². The van der Waals surface area contributed by atoms with Crippen molar-refractivity contribution in [2.24, 2.45) is 4.99 Å². The Morgan fingerprint density at radius 3 is 2.41 bits per heavy atom. The summed E-state index contributed by atoms with van der Waals surface area (Å²) in [5, 5.41) is 9.03. The third-order valence-corrected chi connectivity index (χ3v) is 5.95. The minimum absolute atomic E-state index is 0.0473. The van der Waals surface area contributed by atoms with Gasteiger partial charge in [-0.15, -0.1) is 0 Å². The third kappa shape index (κ3) is 5.47. The number of sulfone groups is 1. The van der Waals surface area contributed by atoms with Gasteiger partial charge >= 0.3 is 0 Å². The topological polar surface area (TPSA) is 99.7 Å². The number of nitrogens with zero attached hydrogens (tertiary/aromatic N) is 1. The molecule has 1 heterocycles. The smallest absolute Gasteiger partial charge is 0.239 e. The zero-order chi connectivity index (χ0) is 16.0. The van der Waals surface area contributed by atoms with Crippen LogP contribution < -0.4 is 16.0 Å². The van der Waals surface area contributed by atoms with Gasteiger partial charge in [0.1, 0.15) is 0 Å². The molecule has 3 N–H and O–H groups in total. The molecule has 7 nitrogen and oxygen atoms in total. The molecule has 1 aliphatic carbocycles. The zero-order valence-electron chi connectivity index (χ0n) is 13.1. The molecule has 0 spiro atoms. The molecular weight excluding hydrogens is 304 g/mol. The molecule has 0 aromatic heterocycles. The van der Waals surface area contributed by atoms with E-state index >= 15 is 0 Å². The molecule has 2 fully saturated rings. The Bertz CT molecular complexity index is 512. The highest BCUT2D eigenvalue weighted by Crippen LogP contribution is 2.17. The summed E-state index contributed by atoms with van der Waals surface area (Å²) < 4.78 is 22.9. The summed E-state index contributed by atoms with van der Waals surface area (Å²) in [6.45, 7) is 0.148. The summed E-state index contributed by atoms with van der Waals surface area (Å²) in [5.74, 6) is 0.765. The molecule has 0 aromatic rings. The van der Waals surface area contributed by atoms with Gasteiger partial charge in [-0.05, 0) is 19.3 Å². The van der Waals surface area contributed by atoms with Gasteiger partial charge in [-0.2, -0.15) is 0 Å². The van der Waals surface area contributed by atoms with E-state index in [-0.39, 0.29) is 36.0 Å². The lowest BCUT2D eigenvalue weighted by molar-refractivity contribution is -0.120. The normalized spacial score (nSPS) is 25.7. The van der Waals surface area contributed by atoms with E-state index in [1.807, 2.05) is 0 Å². The number of guanidine groups is 1. The SMILES string of the molecule is CN=C(NCC(=O)NC1CCCCC1)NC1CCS(=O)(=O)C1. The van der Waals surface area contributed by atoms with Crippen LogP contribution in [0.4, 0.5) is 0 Å². The fourth-order valence-corrected chi connectivity index (χ4v) is 4.66. The van der Waals surface area contributed by atoms with Gasteiger partial charge in [0.2, 0.25) is 5.91 Å². The second kappa shape index (κ2) is 7.80. The fourth-order valence-electron chi connectivity index (χ4n) is 2.99. The summed E-state index contributed by atoms with van der Waals surface area (Å²) in [5.41, 5.74) is 0. The molecule has 1 amide bonds. The molecule has 1 aliphatic heterocycles. The number of hydrogen-bond donors (Lipinski definition) is 3. The van der Waals surface area contributed by atoms with Crippen molar-refractivity contribution in [2.45, 2.75) is 50.6 Å². The average molecular weight is 330 g/mol. The maximum atomic E-state index is 11.9. The monoisotopic (exact) mass is 330 g/mol. The fraction of sp³-hybridized carbons (Fsp3) is 0.857. The summed E-state index contributed by atoms with van der Waals surface area (Å²) in [6, 6.07) is 0.163. The molecule has 1 atom stereocenters. The van der Waals surface area contributed by atoms with Crippen LogP contribution in [0.15, 0.2) is 4.99 Å². The molecule has 2 rings (SSSR count). The van der Waals surface area contributed by atoms with Gasteiger partial charge in [0, 0.05) is 19.1 Å². The van der Waals surface area contributed by atoms with Gasteiger partial charge in [-0.25, -0.2) is 8.42 Å². The third-order valence-electron chi connectivity index (χ3n) is 4.18. The van der Waals surface area contributed by atoms with Crippen LogP contribution in [-0.4, -0.2) is 57.5 Å². The van der Waals surface area contributed by atoms with Crippen molar-refractivity contribution in [3.8, 4) is 0 Å². The first-order chi connectivity index (χ1) is 10.5. The first-order valence-corrected chi connectivity index (χ1v) is 9.77. The van der Waals surface area contributed by atoms with Crippen molar-refractivity contribution >= 4 is 21.7 Å². The molecule has 0 bridgehead atoms. The van der Waals surface area contributed by atoms with Gasteiger partial charge in [0.05, 0.1) is 18.1 Å². The maximum absolute atomic E-state index is 11.9. The van der Waals surface area contributed by atoms with Gasteiger partial charge in [-0.1, -0.05) is 19.3 Å². The summed E-state index contributed by atoms with van der Waals surface area (Å²) >= 11 is 0. The molecule has 1 saturated carbocycles. The summed E-state index contributed by atoms with van der Waals surface area (Å²) in [6.07, 6.45) is 6.30. The lowest BCUT2D eigenvalue weighted by atomic mass is 9.95. The highest BCUT2D eigenvalue weighted by atomic mass is 32.2. The van der Waals surface area contributed by atoms with E-state index in [0.717, 1.165) is 12.8 Å². The second-order valence-electron chi connectivity index (χ2n) is 6.07. The Morgan fingerprint density at radius 1 is 1.09 bits per heavy atom. The molecule has 8 heteroatoms. The zero-order valence-corrected chi connectivity index (χ0v) is 13.9. The lowest BCUT2D eigenvalue weighted by Crippen LogP contribution is -2.48. The number of carbonyl (C=O) groups excluding carboxylic acids is 1. The van der Waals surface area contributed by atoms with E-state index in [2.05, 4.69) is 20.9 Å². The number of hydrogen-bond acceptors (Lipinski definition) is 4. The maximum Gasteiger partial charge on any atom is 0.239 e. The molecule has 22 heavy (non-hydrogen) atoms. The number of carbonyl (C=O) groups is 1. The Kier molecular flexibility index (Phi) is 6.05. The lowest BCUT2D eigenvalue weighted by Gasteiger charge is -2.23. The van der Waals surface area contributed by atoms with Gasteiger partial charge in [0.15, 0.2) is 15.8 Å². The van der Waals surface area contributed by atoms with Crippen LogP contribution >= 0.6 is 0 Å². The van der Waals surface area contributed by atoms with Crippen molar-refractivity contribution in [1.82, 2.24) is 16.0 Å². The first kappa shape index (κ1) is 17.1. The Morgan fingerprint density at radius 2 is 1.82 bits per heavy atom. The van der Waals surface area contributed by atoms with Gasteiger partial charge in [0.25, 0.3) is 0 Å². The van der Waals surface area contributed by atoms with E-state index in [4.69, 9.17) is 0 Å².